The van der Waals surface area contributed by atoms with Crippen LogP contribution in [-0.2, 0) is 19.3 Å². The highest BCUT2D eigenvalue weighted by atomic mass is 14.2. The maximum absolute atomic E-state index is 2.24. The highest BCUT2D eigenvalue weighted by Gasteiger charge is 2.21. The van der Waals surface area contributed by atoms with E-state index in [-0.39, 0.29) is 0 Å². The summed E-state index contributed by atoms with van der Waals surface area (Å²) < 4.78 is 0. The van der Waals surface area contributed by atoms with Crippen LogP contribution in [0.4, 0.5) is 0 Å². The Balaban J connectivity index is 0.00000120. The minimum absolute atomic E-state index is 0.833. The summed E-state index contributed by atoms with van der Waals surface area (Å²) >= 11 is 0. The average Bonchev–Trinajstić information content (AvgIpc) is 1.09. The third kappa shape index (κ3) is 48.6. The first-order valence-electron chi connectivity index (χ1n) is 40.7. The molecule has 0 bridgehead atoms. The van der Waals surface area contributed by atoms with Crippen LogP contribution in [0, 0.1) is 59.2 Å². The fourth-order valence-corrected chi connectivity index (χ4v) is 9.62. The highest BCUT2D eigenvalue weighted by molar-refractivity contribution is 6.03. The van der Waals surface area contributed by atoms with Crippen molar-refractivity contribution in [2.45, 2.75) is 227 Å². The molecule has 0 fully saturated rings. The Morgan fingerprint density at radius 1 is 0.121 bits per heavy atom. The number of rotatable bonds is 0. The summed E-state index contributed by atoms with van der Waals surface area (Å²) in [6.07, 6.45) is 3.31. The fraction of sp³-hybridized carbons (Fsp3) is 0.402. The Morgan fingerprint density at radius 3 is 0.374 bits per heavy atom. The van der Waals surface area contributed by atoms with Crippen LogP contribution in [0.3, 0.4) is 0 Å². The van der Waals surface area contributed by atoms with Gasteiger partial charge in [-0.05, 0) is 178 Å². The van der Waals surface area contributed by atoms with Gasteiger partial charge in [-0.1, -0.05) is 487 Å². The van der Waals surface area contributed by atoms with Gasteiger partial charge in [0.25, 0.3) is 0 Å². The summed E-state index contributed by atoms with van der Waals surface area (Å²) in [4.78, 5) is 0. The van der Waals surface area contributed by atoms with Gasteiger partial charge in [-0.15, -0.1) is 0 Å². The second-order valence-corrected chi connectivity index (χ2v) is 34.4. The molecule has 0 saturated heterocycles. The third-order valence-electron chi connectivity index (χ3n) is 12.9. The predicted octanol–water partition coefficient (Wildman–Crippen LogP) is 34.3. The van der Waals surface area contributed by atoms with Gasteiger partial charge in [-0.2, -0.15) is 0 Å². The normalized spacial score (nSPS) is 10.5. The number of benzene rings is 11. The zero-order chi connectivity index (χ0) is 80.8. The van der Waals surface area contributed by atoms with Crippen LogP contribution in [0.25, 0.3) is 66.4 Å². The molecule has 580 valence electrons. The summed E-state index contributed by atoms with van der Waals surface area (Å²) in [5.74, 6) is 8.33. The summed E-state index contributed by atoms with van der Waals surface area (Å²) in [5, 5.41) is 2.62. The van der Waals surface area contributed by atoms with Crippen molar-refractivity contribution in [3.05, 3.63) is 312 Å². The van der Waals surface area contributed by atoms with Gasteiger partial charge in [0.15, 0.2) is 0 Å². The quantitative estimate of drug-likeness (QED) is 0.142. The van der Waals surface area contributed by atoms with Gasteiger partial charge in [-0.25, -0.2) is 0 Å². The van der Waals surface area contributed by atoms with Gasteiger partial charge in [0.1, 0.15) is 0 Å². The Hall–Kier alpha value is -8.32. The van der Waals surface area contributed by atoms with Crippen LogP contribution >= 0.6 is 0 Å². The lowest BCUT2D eigenvalue weighted by molar-refractivity contribution is 0.736. The van der Waals surface area contributed by atoms with E-state index in [4.69, 9.17) is 0 Å². The van der Waals surface area contributed by atoms with Crippen LogP contribution in [0.2, 0.25) is 0 Å². The van der Waals surface area contributed by atoms with E-state index in [9.17, 15) is 0 Å². The van der Waals surface area contributed by atoms with Crippen molar-refractivity contribution in [3.8, 4) is 55.6 Å². The van der Waals surface area contributed by atoms with Crippen LogP contribution in [-0.4, -0.2) is 0 Å². The smallest absolute Gasteiger partial charge is 0.00135 e. The van der Waals surface area contributed by atoms with E-state index in [1.165, 1.54) is 99.8 Å². The van der Waals surface area contributed by atoms with Gasteiger partial charge in [0.2, 0.25) is 0 Å². The molecule has 11 aromatic rings. The Morgan fingerprint density at radius 2 is 0.224 bits per heavy atom. The summed E-state index contributed by atoms with van der Waals surface area (Å²) in [5.41, 5.74) is 22.1. The van der Waals surface area contributed by atoms with Gasteiger partial charge < -0.3 is 0 Å². The molecule has 0 atom stereocenters. The van der Waals surface area contributed by atoms with Gasteiger partial charge in [0, 0.05) is 0 Å². The molecular formula is C107H152. The number of fused-ring (bicyclic) bond motifs is 14. The molecule has 0 aromatic heterocycles. The zero-order valence-electron chi connectivity index (χ0n) is 73.5. The lowest BCUT2D eigenvalue weighted by Gasteiger charge is -2.22. The molecule has 0 N–H and O–H groups in total. The molecule has 107 heavy (non-hydrogen) atoms. The van der Waals surface area contributed by atoms with E-state index in [1.807, 2.05) is 36.4 Å². The van der Waals surface area contributed by atoms with E-state index in [0.717, 1.165) is 78.4 Å². The minimum atomic E-state index is 0.833. The first-order chi connectivity index (χ1) is 50.6. The molecule has 14 rings (SSSR count). The Bertz CT molecular complexity index is 3300. The molecule has 11 aromatic carbocycles. The second kappa shape index (κ2) is 58.7. The van der Waals surface area contributed by atoms with Gasteiger partial charge in [0.05, 0.1) is 0 Å². The molecule has 0 heterocycles. The molecular weight excluding hydrogens is 1290 g/mol. The lowest BCUT2D eigenvalue weighted by Crippen LogP contribution is -2.06. The van der Waals surface area contributed by atoms with Gasteiger partial charge >= 0.3 is 0 Å². The highest BCUT2D eigenvalue weighted by Crippen LogP contribution is 2.47. The van der Waals surface area contributed by atoms with E-state index in [2.05, 4.69) is 450 Å². The third-order valence-corrected chi connectivity index (χ3v) is 12.9. The Kier molecular flexibility index (Phi) is 54.2. The van der Waals surface area contributed by atoms with Crippen LogP contribution in [0.15, 0.2) is 279 Å². The van der Waals surface area contributed by atoms with Gasteiger partial charge in [-0.3, -0.25) is 0 Å². The van der Waals surface area contributed by atoms with E-state index in [1.54, 1.807) is 0 Å². The van der Waals surface area contributed by atoms with Crippen molar-refractivity contribution in [2.75, 3.05) is 0 Å². The lowest BCUT2D eigenvalue weighted by atomic mass is 9.81. The monoisotopic (exact) mass is 1440 g/mol. The van der Waals surface area contributed by atoms with Crippen LogP contribution < -0.4 is 0 Å². The van der Waals surface area contributed by atoms with Crippen molar-refractivity contribution in [3.63, 3.8) is 0 Å². The number of hydrogen-bond acceptors (Lipinski definition) is 0. The topological polar surface area (TPSA) is 0 Å². The predicted molar refractivity (Wildman–Crippen MR) is 490 cm³/mol. The molecule has 0 amide bonds. The standard InChI is InChI=1S/C24H16.C14H12.C13H10.C10H8.C6H6.10C4H10/c1-2-10-18-17(9-1)19-11-3-4-13-21(19)23-15-7-8-16-24(23)22-14-6-5-12-20(18)22;1-2-6-12-10-14-8-4-3-7-13(14)9-11(12)5-1;1-3-7-12-10(5-1)9-11-6-2-4-8-13(11)12;1-2-6-10-8-4-3-7-9(10)5-1;1-2-4-6-5-3-1;10*1-4(2)3/h1-16H;1-8H,9-10H2;1-8H,9H2;1-8H;1-6H;10*4H,1-3H3. The zero-order valence-corrected chi connectivity index (χ0v) is 73.5. The minimum Gasteiger partial charge on any atom is -0.0630 e. The summed E-state index contributed by atoms with van der Waals surface area (Å²) in [6, 6.07) is 98.4. The van der Waals surface area contributed by atoms with Crippen molar-refractivity contribution < 1.29 is 0 Å². The molecule has 3 aliphatic carbocycles. The fourth-order valence-electron chi connectivity index (χ4n) is 9.62. The SMILES string of the molecule is CC(C)C.CC(C)C.CC(C)C.CC(C)C.CC(C)C.CC(C)C.CC(C)C.CC(C)C.CC(C)C.CC(C)C.c1ccc2c(c1)-c1ccccc1-c1ccccc1-c1ccccc1-2.c1ccc2c(c1)Cc1ccccc1-2.c1ccc2c(c1)Cc1ccccc1C2.c1ccc2ccccc2c1.c1ccccc1. The molecule has 0 spiro atoms. The first kappa shape index (κ1) is 98.7. The second-order valence-electron chi connectivity index (χ2n) is 34.4. The molecule has 0 heteroatoms. The number of hydrogen-bond donors (Lipinski definition) is 0. The van der Waals surface area contributed by atoms with Crippen molar-refractivity contribution >= 4 is 10.8 Å². The molecule has 3 aliphatic rings. The summed E-state index contributed by atoms with van der Waals surface area (Å²) in [6.45, 7) is 65.0. The largest absolute Gasteiger partial charge is 0.0630 e. The molecule has 0 radical (unpaired) electrons. The molecule has 0 nitrogen and oxygen atoms in total. The Labute approximate surface area is 660 Å². The molecule has 0 saturated carbocycles. The first-order valence-corrected chi connectivity index (χ1v) is 40.7. The maximum atomic E-state index is 2.24. The van der Waals surface area contributed by atoms with Crippen molar-refractivity contribution in [2.24, 2.45) is 59.2 Å². The molecule has 0 aliphatic heterocycles. The maximum Gasteiger partial charge on any atom is -0.00135 e. The van der Waals surface area contributed by atoms with Crippen LogP contribution in [0.1, 0.15) is 241 Å². The van der Waals surface area contributed by atoms with E-state index >= 15 is 0 Å². The summed E-state index contributed by atoms with van der Waals surface area (Å²) in [7, 11) is 0. The molecule has 0 unspecified atom stereocenters. The van der Waals surface area contributed by atoms with E-state index in [0.29, 0.717) is 0 Å². The van der Waals surface area contributed by atoms with Crippen molar-refractivity contribution in [1.29, 1.82) is 0 Å². The van der Waals surface area contributed by atoms with Crippen LogP contribution in [0.5, 0.6) is 0 Å². The van der Waals surface area contributed by atoms with Crippen molar-refractivity contribution in [1.82, 2.24) is 0 Å². The van der Waals surface area contributed by atoms with E-state index < -0.39 is 0 Å². The average molecular weight is 1440 g/mol.